The fourth-order valence-corrected chi connectivity index (χ4v) is 5.25. The van der Waals surface area contributed by atoms with E-state index in [9.17, 15) is 18.8 Å². The number of ether oxygens (including phenoxy) is 1. The van der Waals surface area contributed by atoms with Crippen molar-refractivity contribution in [3.63, 3.8) is 0 Å². The molecule has 11 heteroatoms. The third kappa shape index (κ3) is 4.09. The van der Waals surface area contributed by atoms with Gasteiger partial charge in [-0.25, -0.2) is 23.1 Å². The number of urea groups is 1. The number of alkyl halides is 2. The number of carbonyl (C=O) groups excluding carboxylic acids is 1. The summed E-state index contributed by atoms with van der Waals surface area (Å²) >= 11 is 0. The van der Waals surface area contributed by atoms with Crippen molar-refractivity contribution in [2.75, 3.05) is 20.3 Å². The van der Waals surface area contributed by atoms with E-state index >= 15 is 0 Å². The summed E-state index contributed by atoms with van der Waals surface area (Å²) in [5.74, 6) is -2.65. The fraction of sp³-hybridized carbons (Fsp3) is 0.652. The number of carbonyl (C=O) groups is 1. The number of aromatic nitrogens is 3. The zero-order valence-electron chi connectivity index (χ0n) is 19.1. The number of nitrogens with one attached hydrogen (secondary N) is 1. The molecule has 0 unspecified atom stereocenters. The molecule has 34 heavy (non-hydrogen) atoms. The Morgan fingerprint density at radius 2 is 2.09 bits per heavy atom. The molecular weight excluding hydrogens is 444 g/mol. The number of nitriles is 1. The summed E-state index contributed by atoms with van der Waals surface area (Å²) in [5, 5.41) is 16.9. The molecule has 2 aromatic rings. The van der Waals surface area contributed by atoms with Crippen LogP contribution in [0.5, 0.6) is 0 Å². The van der Waals surface area contributed by atoms with Crippen LogP contribution in [0.2, 0.25) is 0 Å². The Labute approximate surface area is 196 Å². The molecule has 3 heterocycles. The van der Waals surface area contributed by atoms with E-state index in [1.165, 1.54) is 0 Å². The maximum Gasteiger partial charge on any atom is 0.318 e. The molecule has 3 fully saturated rings. The van der Waals surface area contributed by atoms with Crippen LogP contribution in [0.15, 0.2) is 18.5 Å². The third-order valence-corrected chi connectivity index (χ3v) is 7.67. The van der Waals surface area contributed by atoms with Crippen LogP contribution in [0.3, 0.4) is 0 Å². The molecule has 182 valence electrons. The van der Waals surface area contributed by atoms with Gasteiger partial charge in [0.1, 0.15) is 0 Å². The van der Waals surface area contributed by atoms with Crippen molar-refractivity contribution in [2.45, 2.75) is 62.6 Å². The number of nitrogens with two attached hydrogens (primary N) is 1. The highest BCUT2D eigenvalue weighted by Crippen LogP contribution is 2.49. The molecule has 1 aliphatic heterocycles. The van der Waals surface area contributed by atoms with E-state index in [1.807, 2.05) is 6.07 Å². The quantitative estimate of drug-likeness (QED) is 0.638. The molecule has 0 radical (unpaired) electrons. The Hall–Kier alpha value is -2.84. The van der Waals surface area contributed by atoms with Gasteiger partial charge in [0.2, 0.25) is 5.92 Å². The molecule has 2 aromatic heterocycles. The summed E-state index contributed by atoms with van der Waals surface area (Å²) < 4.78 is 34.1. The number of amides is 2. The minimum atomic E-state index is -2.60. The molecular formula is C23H29F2N7O2. The van der Waals surface area contributed by atoms with Crippen molar-refractivity contribution in [1.29, 1.82) is 5.26 Å². The average molecular weight is 474 g/mol. The number of methoxy groups -OCH3 is 1. The lowest BCUT2D eigenvalue weighted by molar-refractivity contribution is -0.0484. The van der Waals surface area contributed by atoms with Gasteiger partial charge in [0.25, 0.3) is 0 Å². The molecule has 2 aliphatic carbocycles. The Balaban J connectivity index is 1.36. The van der Waals surface area contributed by atoms with Crippen molar-refractivity contribution in [3.05, 3.63) is 29.7 Å². The molecule has 3 N–H and O–H groups in total. The summed E-state index contributed by atoms with van der Waals surface area (Å²) in [6.45, 7) is 0.684. The normalized spacial score (nSPS) is 25.7. The largest absolute Gasteiger partial charge is 0.382 e. The minimum Gasteiger partial charge on any atom is -0.382 e. The molecule has 2 saturated carbocycles. The van der Waals surface area contributed by atoms with Gasteiger partial charge >= 0.3 is 6.03 Å². The highest BCUT2D eigenvalue weighted by Gasteiger charge is 2.54. The van der Waals surface area contributed by atoms with Crippen LogP contribution in [-0.4, -0.2) is 57.8 Å². The van der Waals surface area contributed by atoms with Crippen LogP contribution in [0.1, 0.15) is 61.9 Å². The van der Waals surface area contributed by atoms with Crippen molar-refractivity contribution in [3.8, 4) is 6.07 Å². The van der Waals surface area contributed by atoms with Crippen molar-refractivity contribution < 1.29 is 18.3 Å². The second-order valence-corrected chi connectivity index (χ2v) is 9.87. The van der Waals surface area contributed by atoms with Crippen LogP contribution < -0.4 is 11.1 Å². The highest BCUT2D eigenvalue weighted by molar-refractivity contribution is 5.78. The lowest BCUT2D eigenvalue weighted by Crippen LogP contribution is -2.35. The second kappa shape index (κ2) is 8.43. The van der Waals surface area contributed by atoms with E-state index < -0.39 is 23.4 Å². The van der Waals surface area contributed by atoms with Gasteiger partial charge in [-0.1, -0.05) is 0 Å². The Kier molecular flexibility index (Phi) is 5.68. The molecule has 0 spiro atoms. The minimum absolute atomic E-state index is 0.0506. The molecule has 3 atom stereocenters. The predicted molar refractivity (Wildman–Crippen MR) is 118 cm³/mol. The first-order valence-corrected chi connectivity index (χ1v) is 11.7. The van der Waals surface area contributed by atoms with E-state index in [4.69, 9.17) is 10.5 Å². The maximum absolute atomic E-state index is 13.5. The monoisotopic (exact) mass is 473 g/mol. The first kappa shape index (κ1) is 22.9. The van der Waals surface area contributed by atoms with E-state index in [1.54, 1.807) is 28.9 Å². The van der Waals surface area contributed by atoms with E-state index in [-0.39, 0.29) is 37.4 Å². The first-order valence-electron chi connectivity index (χ1n) is 11.7. The van der Waals surface area contributed by atoms with E-state index in [2.05, 4.69) is 21.5 Å². The predicted octanol–water partition coefficient (Wildman–Crippen LogP) is 2.94. The maximum atomic E-state index is 13.5. The van der Waals surface area contributed by atoms with E-state index in [0.29, 0.717) is 30.7 Å². The van der Waals surface area contributed by atoms with Gasteiger partial charge in [0.15, 0.2) is 5.65 Å². The first-order chi connectivity index (χ1) is 16.2. The second-order valence-electron chi connectivity index (χ2n) is 9.87. The zero-order valence-corrected chi connectivity index (χ0v) is 19.1. The Morgan fingerprint density at radius 3 is 2.74 bits per heavy atom. The summed E-state index contributed by atoms with van der Waals surface area (Å²) in [4.78, 5) is 19.1. The van der Waals surface area contributed by atoms with E-state index in [0.717, 1.165) is 18.4 Å². The Morgan fingerprint density at radius 1 is 1.35 bits per heavy atom. The summed E-state index contributed by atoms with van der Waals surface area (Å²) in [5.41, 5.74) is 7.88. The summed E-state index contributed by atoms with van der Waals surface area (Å²) in [6.07, 6.45) is 5.44. The van der Waals surface area contributed by atoms with Crippen LogP contribution in [0, 0.1) is 22.7 Å². The van der Waals surface area contributed by atoms with Crippen molar-refractivity contribution in [1.82, 2.24) is 24.8 Å². The summed E-state index contributed by atoms with van der Waals surface area (Å²) in [6, 6.07) is 2.94. The number of nitrogens with zero attached hydrogens (tertiary/aromatic N) is 5. The third-order valence-electron chi connectivity index (χ3n) is 7.67. The van der Waals surface area contributed by atoms with Gasteiger partial charge in [-0.2, -0.15) is 10.4 Å². The number of imidazole rings is 1. The number of halogens is 2. The molecule has 1 saturated heterocycles. The van der Waals surface area contributed by atoms with Crippen LogP contribution in [-0.2, 0) is 4.74 Å². The zero-order chi connectivity index (χ0) is 24.1. The van der Waals surface area contributed by atoms with Crippen molar-refractivity contribution in [2.24, 2.45) is 17.1 Å². The number of rotatable bonds is 7. The lowest BCUT2D eigenvalue weighted by atomic mass is 9.81. The molecule has 0 aromatic carbocycles. The lowest BCUT2D eigenvalue weighted by Gasteiger charge is -2.31. The standard InChI is InChI=1S/C23H29F2N7O2/c1-34-12-17(31-11-18(30-21(31)33)22(13-26)6-7-22)15-8-19-29-16(10-32(19)28-9-15)20(27)14-2-4-23(24,25)5-3-14/h8-10,14,17-18,20H,2-7,11-12,27H2,1H3,(H,30,33)/t17-,18+,20+/m1/s1. The highest BCUT2D eigenvalue weighted by atomic mass is 19.3. The van der Waals surface area contributed by atoms with Gasteiger partial charge in [0.05, 0.1) is 54.3 Å². The Bertz CT molecular complexity index is 1120. The number of hydrogen-bond acceptors (Lipinski definition) is 6. The number of hydrogen-bond donors (Lipinski definition) is 2. The molecule has 5 rings (SSSR count). The smallest absolute Gasteiger partial charge is 0.318 e. The van der Waals surface area contributed by atoms with Gasteiger partial charge in [-0.05, 0) is 37.7 Å². The van der Waals surface area contributed by atoms with Gasteiger partial charge in [0, 0.05) is 32.1 Å². The number of fused-ring (bicyclic) bond motifs is 1. The van der Waals surface area contributed by atoms with Crippen LogP contribution >= 0.6 is 0 Å². The van der Waals surface area contributed by atoms with Gasteiger partial charge in [-0.15, -0.1) is 0 Å². The van der Waals surface area contributed by atoms with Crippen LogP contribution in [0.25, 0.3) is 5.65 Å². The molecule has 2 amide bonds. The van der Waals surface area contributed by atoms with Gasteiger partial charge < -0.3 is 20.7 Å². The molecule has 3 aliphatic rings. The van der Waals surface area contributed by atoms with Gasteiger partial charge in [-0.3, -0.25) is 0 Å². The average Bonchev–Trinajstić information content (AvgIpc) is 3.35. The molecule has 0 bridgehead atoms. The fourth-order valence-electron chi connectivity index (χ4n) is 5.25. The SMILES string of the molecule is COC[C@H](c1cnn2cc([C@@H](N)C3CCC(F)(F)CC3)nc2c1)N1C[C@@H](C2(C#N)CC2)NC1=O. The van der Waals surface area contributed by atoms with Crippen LogP contribution in [0.4, 0.5) is 13.6 Å². The topological polar surface area (TPSA) is 122 Å². The summed E-state index contributed by atoms with van der Waals surface area (Å²) in [7, 11) is 1.57. The molecule has 9 nitrogen and oxygen atoms in total. The van der Waals surface area contributed by atoms with Crippen molar-refractivity contribution >= 4 is 11.7 Å².